The Morgan fingerprint density at radius 1 is 0.387 bits per heavy atom. The Labute approximate surface area is 355 Å². The molecular weight excluding hydrogens is 776 g/mol. The van der Waals surface area contributed by atoms with E-state index in [9.17, 15) is 0 Å². The third-order valence-electron chi connectivity index (χ3n) is 11.7. The predicted molar refractivity (Wildman–Crippen MR) is 245 cm³/mol. The van der Waals surface area contributed by atoms with Crippen LogP contribution in [0, 0.1) is 13.8 Å². The van der Waals surface area contributed by atoms with Gasteiger partial charge < -0.3 is 9.13 Å². The second-order valence-corrected chi connectivity index (χ2v) is 15.7. The summed E-state index contributed by atoms with van der Waals surface area (Å²) in [6.07, 6.45) is -4.69. The summed E-state index contributed by atoms with van der Waals surface area (Å²) in [6, 6.07) is 57.9. The highest BCUT2D eigenvalue weighted by atomic mass is 19.4. The van der Waals surface area contributed by atoms with Crippen molar-refractivity contribution < 1.29 is 13.2 Å². The van der Waals surface area contributed by atoms with Gasteiger partial charge in [0, 0.05) is 49.5 Å². The van der Waals surface area contributed by atoms with Crippen molar-refractivity contribution in [2.45, 2.75) is 20.0 Å². The van der Waals surface area contributed by atoms with Gasteiger partial charge in [-0.25, -0.2) is 15.0 Å². The van der Waals surface area contributed by atoms with Gasteiger partial charge in [-0.2, -0.15) is 13.2 Å². The van der Waals surface area contributed by atoms with Crippen molar-refractivity contribution in [1.29, 1.82) is 0 Å². The standard InChI is InChI=1S/C54H36F3N5/c1-33-21-26-48-42(29-33)39-17-9-11-19-46(39)61(48)38-24-25-45(54(55,56)57)41(32-38)44-31-37(23-28-50(44)62-47-20-12-10-18-40(47)43-30-34(2)22-27-49(43)62)53-59-51(35-13-5-3-6-14-35)58-52(60-53)36-15-7-4-8-16-36/h3-32H,1-2H3. The van der Waals surface area contributed by atoms with Gasteiger partial charge in [0.1, 0.15) is 0 Å². The van der Waals surface area contributed by atoms with Gasteiger partial charge in [0.2, 0.25) is 0 Å². The Kier molecular flexibility index (Phi) is 8.65. The van der Waals surface area contributed by atoms with Crippen LogP contribution in [0.1, 0.15) is 16.7 Å². The molecule has 0 fully saturated rings. The third-order valence-corrected chi connectivity index (χ3v) is 11.7. The van der Waals surface area contributed by atoms with Gasteiger partial charge in [-0.1, -0.05) is 120 Å². The minimum absolute atomic E-state index is 0.0311. The maximum atomic E-state index is 15.6. The molecule has 0 bridgehead atoms. The number of aromatic nitrogens is 5. The van der Waals surface area contributed by atoms with Crippen molar-refractivity contribution >= 4 is 43.6 Å². The van der Waals surface area contributed by atoms with Crippen LogP contribution in [0.25, 0.3) is 100 Å². The van der Waals surface area contributed by atoms with E-state index in [0.717, 1.165) is 65.9 Å². The van der Waals surface area contributed by atoms with Gasteiger partial charge >= 0.3 is 6.18 Å². The van der Waals surface area contributed by atoms with Crippen molar-refractivity contribution in [3.63, 3.8) is 0 Å². The van der Waals surface area contributed by atoms with Gasteiger partial charge in [0.25, 0.3) is 0 Å². The molecule has 0 spiro atoms. The lowest BCUT2D eigenvalue weighted by Gasteiger charge is -2.21. The SMILES string of the molecule is Cc1ccc2c(c1)c1ccccc1n2-c1ccc(C(F)(F)F)c(-c2cc(-c3nc(-c4ccccc4)nc(-c4ccccc4)n3)ccc2-n2c3ccccc3c3cc(C)ccc32)c1. The van der Waals surface area contributed by atoms with Crippen LogP contribution in [0.5, 0.6) is 0 Å². The van der Waals surface area contributed by atoms with Crippen LogP contribution >= 0.6 is 0 Å². The van der Waals surface area contributed by atoms with E-state index in [4.69, 9.17) is 15.0 Å². The fourth-order valence-electron chi connectivity index (χ4n) is 8.88. The maximum absolute atomic E-state index is 15.6. The Balaban J connectivity index is 1.24. The molecule has 0 unspecified atom stereocenters. The Morgan fingerprint density at radius 3 is 1.44 bits per heavy atom. The number of hydrogen-bond acceptors (Lipinski definition) is 3. The van der Waals surface area contributed by atoms with Crippen LogP contribution < -0.4 is 0 Å². The van der Waals surface area contributed by atoms with Gasteiger partial charge in [0.05, 0.1) is 33.3 Å². The molecule has 8 heteroatoms. The third kappa shape index (κ3) is 6.22. The van der Waals surface area contributed by atoms with E-state index < -0.39 is 11.7 Å². The largest absolute Gasteiger partial charge is 0.417 e. The number of benzene rings is 8. The van der Waals surface area contributed by atoms with Crippen LogP contribution in [0.3, 0.4) is 0 Å². The van der Waals surface area contributed by atoms with Crippen molar-refractivity contribution in [3.8, 4) is 56.7 Å². The van der Waals surface area contributed by atoms with Crippen molar-refractivity contribution in [2.24, 2.45) is 0 Å². The molecule has 5 nitrogen and oxygen atoms in total. The molecule has 0 radical (unpaired) electrons. The van der Waals surface area contributed by atoms with Gasteiger partial charge in [-0.15, -0.1) is 0 Å². The first-order valence-electron chi connectivity index (χ1n) is 20.4. The Morgan fingerprint density at radius 2 is 0.871 bits per heavy atom. The molecule has 8 aromatic carbocycles. The lowest BCUT2D eigenvalue weighted by Crippen LogP contribution is -2.10. The van der Waals surface area contributed by atoms with E-state index in [0.29, 0.717) is 40.0 Å². The lowest BCUT2D eigenvalue weighted by atomic mass is 9.94. The topological polar surface area (TPSA) is 48.5 Å². The number of fused-ring (bicyclic) bond motifs is 6. The van der Waals surface area contributed by atoms with Gasteiger partial charge in [-0.3, -0.25) is 0 Å². The fourth-order valence-corrected chi connectivity index (χ4v) is 8.88. The van der Waals surface area contributed by atoms with E-state index in [1.807, 2.05) is 153 Å². The first-order chi connectivity index (χ1) is 30.2. The number of rotatable bonds is 6. The summed E-state index contributed by atoms with van der Waals surface area (Å²) in [4.78, 5) is 14.8. The van der Waals surface area contributed by atoms with Crippen LogP contribution in [-0.4, -0.2) is 24.1 Å². The van der Waals surface area contributed by atoms with Crippen LogP contribution in [-0.2, 0) is 6.18 Å². The molecule has 0 amide bonds. The molecule has 62 heavy (non-hydrogen) atoms. The summed E-state index contributed by atoms with van der Waals surface area (Å²) < 4.78 is 51.1. The lowest BCUT2D eigenvalue weighted by molar-refractivity contribution is -0.137. The minimum atomic E-state index is -4.69. The maximum Gasteiger partial charge on any atom is 0.417 e. The van der Waals surface area contributed by atoms with E-state index >= 15 is 13.2 Å². The molecule has 11 aromatic rings. The highest BCUT2D eigenvalue weighted by molar-refractivity contribution is 6.11. The van der Waals surface area contributed by atoms with Crippen molar-refractivity contribution in [1.82, 2.24) is 24.1 Å². The van der Waals surface area contributed by atoms with E-state index in [1.54, 1.807) is 12.1 Å². The molecule has 0 saturated carbocycles. The zero-order valence-electron chi connectivity index (χ0n) is 33.7. The average Bonchev–Trinajstić information content (AvgIpc) is 3.80. The number of para-hydroxylation sites is 2. The molecule has 0 aliphatic carbocycles. The van der Waals surface area contributed by atoms with Crippen LogP contribution in [0.4, 0.5) is 13.2 Å². The quantitative estimate of drug-likeness (QED) is 0.168. The highest BCUT2D eigenvalue weighted by Gasteiger charge is 2.35. The van der Waals surface area contributed by atoms with Crippen LogP contribution in [0.2, 0.25) is 0 Å². The number of alkyl halides is 3. The summed E-state index contributed by atoms with van der Waals surface area (Å²) in [5.74, 6) is 1.25. The monoisotopic (exact) mass is 811 g/mol. The van der Waals surface area contributed by atoms with Gasteiger partial charge in [0.15, 0.2) is 17.5 Å². The zero-order chi connectivity index (χ0) is 42.1. The number of hydrogen-bond donors (Lipinski definition) is 0. The smallest absolute Gasteiger partial charge is 0.309 e. The Hall–Kier alpha value is -7.84. The van der Waals surface area contributed by atoms with E-state index in [-0.39, 0.29) is 5.56 Å². The van der Waals surface area contributed by atoms with Crippen molar-refractivity contribution in [2.75, 3.05) is 0 Å². The summed E-state index contributed by atoms with van der Waals surface area (Å²) in [5.41, 5.74) is 8.72. The molecule has 0 N–H and O–H groups in total. The second kappa shape index (κ2) is 14.4. The molecule has 0 saturated heterocycles. The second-order valence-electron chi connectivity index (χ2n) is 15.7. The number of nitrogens with zero attached hydrogens (tertiary/aromatic N) is 5. The zero-order valence-corrected chi connectivity index (χ0v) is 33.7. The molecule has 0 aliphatic heterocycles. The first kappa shape index (κ1) is 37.2. The summed E-state index contributed by atoms with van der Waals surface area (Å²) >= 11 is 0. The highest BCUT2D eigenvalue weighted by Crippen LogP contribution is 2.45. The van der Waals surface area contributed by atoms with Gasteiger partial charge in [-0.05, 0) is 92.2 Å². The Bertz CT molecular complexity index is 3470. The number of aryl methyl sites for hydroxylation is 2. The molecule has 298 valence electrons. The minimum Gasteiger partial charge on any atom is -0.309 e. The van der Waals surface area contributed by atoms with E-state index in [1.165, 1.54) is 6.07 Å². The summed E-state index contributed by atoms with van der Waals surface area (Å²) in [6.45, 7) is 4.09. The molecule has 11 rings (SSSR count). The first-order valence-corrected chi connectivity index (χ1v) is 20.4. The summed E-state index contributed by atoms with van der Waals surface area (Å²) in [5, 5.41) is 4.07. The van der Waals surface area contributed by atoms with Crippen LogP contribution in [0.15, 0.2) is 182 Å². The molecule has 3 aromatic heterocycles. The molecule has 0 aliphatic rings. The van der Waals surface area contributed by atoms with E-state index in [2.05, 4.69) is 33.4 Å². The predicted octanol–water partition coefficient (Wildman–Crippen LogP) is 14.4. The van der Waals surface area contributed by atoms with Crippen molar-refractivity contribution in [3.05, 3.63) is 199 Å². The normalized spacial score (nSPS) is 12.0. The molecule has 3 heterocycles. The summed E-state index contributed by atoms with van der Waals surface area (Å²) in [7, 11) is 0. The fraction of sp³-hybridized carbons (Fsp3) is 0.0556. The average molecular weight is 812 g/mol. The molecular formula is C54H36F3N5. The number of halogens is 3. The molecule has 0 atom stereocenters.